The lowest BCUT2D eigenvalue weighted by molar-refractivity contribution is -0.123. The third-order valence-corrected chi connectivity index (χ3v) is 4.87. The highest BCUT2D eigenvalue weighted by Crippen LogP contribution is 2.22. The molecule has 0 bridgehead atoms. The maximum atomic E-state index is 12.2. The van der Waals surface area contributed by atoms with Crippen molar-refractivity contribution in [3.05, 3.63) is 70.0 Å². The first-order chi connectivity index (χ1) is 14.0. The van der Waals surface area contributed by atoms with E-state index >= 15 is 0 Å². The predicted molar refractivity (Wildman–Crippen MR) is 114 cm³/mol. The number of amides is 1. The molecule has 0 atom stereocenters. The molecule has 0 unspecified atom stereocenters. The van der Waals surface area contributed by atoms with Gasteiger partial charge in [0.15, 0.2) is 6.61 Å². The number of methoxy groups -OCH3 is 1. The van der Waals surface area contributed by atoms with E-state index in [4.69, 9.17) is 9.47 Å². The smallest absolute Gasteiger partial charge is 0.257 e. The van der Waals surface area contributed by atoms with Crippen LogP contribution in [0.4, 0.5) is 0 Å². The van der Waals surface area contributed by atoms with E-state index in [9.17, 15) is 9.59 Å². The molecule has 3 rings (SSSR count). The van der Waals surface area contributed by atoms with Crippen molar-refractivity contribution in [2.24, 2.45) is 0 Å². The van der Waals surface area contributed by atoms with Crippen molar-refractivity contribution in [3.8, 4) is 11.5 Å². The van der Waals surface area contributed by atoms with Crippen LogP contribution in [0.3, 0.4) is 0 Å². The highest BCUT2D eigenvalue weighted by Gasteiger charge is 2.08. The average molecular weight is 394 g/mol. The molecule has 0 saturated heterocycles. The molecule has 0 spiro atoms. The van der Waals surface area contributed by atoms with Crippen molar-refractivity contribution >= 4 is 16.8 Å². The van der Waals surface area contributed by atoms with E-state index in [2.05, 4.69) is 5.32 Å². The summed E-state index contributed by atoms with van der Waals surface area (Å²) in [6, 6.07) is 15.0. The lowest BCUT2D eigenvalue weighted by atomic mass is 10.1. The maximum absolute atomic E-state index is 12.2. The van der Waals surface area contributed by atoms with Gasteiger partial charge in [-0.2, -0.15) is 0 Å². The summed E-state index contributed by atoms with van der Waals surface area (Å²) in [5.74, 6) is 1.19. The second-order valence-electron chi connectivity index (χ2n) is 6.83. The van der Waals surface area contributed by atoms with Gasteiger partial charge >= 0.3 is 0 Å². The number of hydrogen-bond donors (Lipinski definition) is 1. The van der Waals surface area contributed by atoms with E-state index in [1.165, 1.54) is 0 Å². The van der Waals surface area contributed by atoms with Crippen molar-refractivity contribution in [3.63, 3.8) is 0 Å². The van der Waals surface area contributed by atoms with Crippen LogP contribution in [0.15, 0.2) is 53.3 Å². The standard InChI is InChI=1S/C23H26N2O4/c1-4-25-21-14-19(9-10-20(21)16(2)13-23(25)27)29-15-22(26)24-12-11-17-5-7-18(28-3)8-6-17/h5-10,13-14H,4,11-12,15H2,1-3H3,(H,24,26). The van der Waals surface area contributed by atoms with Crippen LogP contribution in [0, 0.1) is 6.92 Å². The Morgan fingerprint density at radius 3 is 2.48 bits per heavy atom. The van der Waals surface area contributed by atoms with Crippen molar-refractivity contribution in [1.82, 2.24) is 9.88 Å². The van der Waals surface area contributed by atoms with Gasteiger partial charge in [0.2, 0.25) is 0 Å². The minimum atomic E-state index is -0.185. The summed E-state index contributed by atoms with van der Waals surface area (Å²) >= 11 is 0. The van der Waals surface area contributed by atoms with Crippen LogP contribution in [-0.4, -0.2) is 30.7 Å². The van der Waals surface area contributed by atoms with Crippen molar-refractivity contribution in [2.45, 2.75) is 26.8 Å². The van der Waals surface area contributed by atoms with Crippen LogP contribution in [0.5, 0.6) is 11.5 Å². The number of aryl methyl sites for hydroxylation is 2. The fraction of sp³-hybridized carbons (Fsp3) is 0.304. The molecule has 6 heteroatoms. The highest BCUT2D eigenvalue weighted by atomic mass is 16.5. The number of carbonyl (C=O) groups excluding carboxylic acids is 1. The summed E-state index contributed by atoms with van der Waals surface area (Å²) in [4.78, 5) is 24.3. The number of ether oxygens (including phenoxy) is 2. The van der Waals surface area contributed by atoms with Crippen molar-refractivity contribution in [1.29, 1.82) is 0 Å². The van der Waals surface area contributed by atoms with E-state index in [1.807, 2.05) is 56.3 Å². The Morgan fingerprint density at radius 2 is 1.79 bits per heavy atom. The Morgan fingerprint density at radius 1 is 1.07 bits per heavy atom. The van der Waals surface area contributed by atoms with Gasteiger partial charge < -0.3 is 19.4 Å². The number of nitrogens with zero attached hydrogens (tertiary/aromatic N) is 1. The average Bonchev–Trinajstić information content (AvgIpc) is 2.73. The lowest BCUT2D eigenvalue weighted by Crippen LogP contribution is -2.30. The maximum Gasteiger partial charge on any atom is 0.257 e. The molecule has 1 aromatic heterocycles. The Balaban J connectivity index is 1.56. The number of hydrogen-bond acceptors (Lipinski definition) is 4. The molecule has 1 amide bonds. The topological polar surface area (TPSA) is 69.6 Å². The third kappa shape index (κ3) is 4.96. The monoisotopic (exact) mass is 394 g/mol. The van der Waals surface area contributed by atoms with Crippen LogP contribution >= 0.6 is 0 Å². The van der Waals surface area contributed by atoms with Gasteiger partial charge in [-0.15, -0.1) is 0 Å². The first kappa shape index (κ1) is 20.5. The molecular weight excluding hydrogens is 368 g/mol. The number of aromatic nitrogens is 1. The lowest BCUT2D eigenvalue weighted by Gasteiger charge is -2.12. The fourth-order valence-corrected chi connectivity index (χ4v) is 3.28. The fourth-order valence-electron chi connectivity index (χ4n) is 3.28. The molecule has 2 aromatic carbocycles. The summed E-state index contributed by atoms with van der Waals surface area (Å²) in [6.45, 7) is 4.88. The molecule has 0 aliphatic carbocycles. The zero-order chi connectivity index (χ0) is 20.8. The summed E-state index contributed by atoms with van der Waals surface area (Å²) in [5.41, 5.74) is 2.83. The zero-order valence-corrected chi connectivity index (χ0v) is 17.0. The Bertz CT molecular complexity index is 1050. The molecule has 0 saturated carbocycles. The number of fused-ring (bicyclic) bond motifs is 1. The predicted octanol–water partition coefficient (Wildman–Crippen LogP) is 3.08. The molecule has 0 fully saturated rings. The first-order valence-electron chi connectivity index (χ1n) is 9.68. The van der Waals surface area contributed by atoms with E-state index in [1.54, 1.807) is 17.7 Å². The van der Waals surface area contributed by atoms with Gasteiger partial charge in [-0.25, -0.2) is 0 Å². The second-order valence-corrected chi connectivity index (χ2v) is 6.83. The molecular formula is C23H26N2O4. The largest absolute Gasteiger partial charge is 0.497 e. The van der Waals surface area contributed by atoms with Crippen molar-refractivity contribution < 1.29 is 14.3 Å². The van der Waals surface area contributed by atoms with E-state index in [-0.39, 0.29) is 18.1 Å². The van der Waals surface area contributed by atoms with Gasteiger partial charge in [0.25, 0.3) is 11.5 Å². The molecule has 0 aliphatic heterocycles. The van der Waals surface area contributed by atoms with Crippen LogP contribution < -0.4 is 20.3 Å². The van der Waals surface area contributed by atoms with Gasteiger partial charge in [0.1, 0.15) is 11.5 Å². The Hall–Kier alpha value is -3.28. The molecule has 6 nitrogen and oxygen atoms in total. The van der Waals surface area contributed by atoms with Gasteiger partial charge in [0, 0.05) is 30.6 Å². The third-order valence-electron chi connectivity index (χ3n) is 4.87. The minimum absolute atomic E-state index is 0.0362. The SMILES string of the molecule is CCn1c(=O)cc(C)c2ccc(OCC(=O)NCCc3ccc(OC)cc3)cc21. The van der Waals surface area contributed by atoms with Gasteiger partial charge in [-0.05, 0) is 55.7 Å². The van der Waals surface area contributed by atoms with E-state index in [0.29, 0.717) is 18.8 Å². The summed E-state index contributed by atoms with van der Waals surface area (Å²) in [5, 5.41) is 3.86. The molecule has 3 aromatic rings. The summed E-state index contributed by atoms with van der Waals surface area (Å²) in [6.07, 6.45) is 0.730. The quantitative estimate of drug-likeness (QED) is 0.638. The van der Waals surface area contributed by atoms with Crippen LogP contribution in [0.25, 0.3) is 10.9 Å². The molecule has 0 aliphatic rings. The molecule has 1 N–H and O–H groups in total. The van der Waals surface area contributed by atoms with Gasteiger partial charge in [-0.1, -0.05) is 12.1 Å². The van der Waals surface area contributed by atoms with Crippen molar-refractivity contribution in [2.75, 3.05) is 20.3 Å². The number of rotatable bonds is 8. The molecule has 1 heterocycles. The van der Waals surface area contributed by atoms with E-state index in [0.717, 1.165) is 34.2 Å². The van der Waals surface area contributed by atoms with Gasteiger partial charge in [0.05, 0.1) is 12.6 Å². The summed E-state index contributed by atoms with van der Waals surface area (Å²) < 4.78 is 12.5. The van der Waals surface area contributed by atoms with Crippen LogP contribution in [-0.2, 0) is 17.8 Å². The number of nitrogens with one attached hydrogen (secondary N) is 1. The molecule has 152 valence electrons. The van der Waals surface area contributed by atoms with Gasteiger partial charge in [-0.3, -0.25) is 9.59 Å². The number of pyridine rings is 1. The second kappa shape index (κ2) is 9.28. The van der Waals surface area contributed by atoms with E-state index < -0.39 is 0 Å². The zero-order valence-electron chi connectivity index (χ0n) is 17.0. The summed E-state index contributed by atoms with van der Waals surface area (Å²) in [7, 11) is 1.63. The first-order valence-corrected chi connectivity index (χ1v) is 9.68. The Kier molecular flexibility index (Phi) is 6.54. The normalized spacial score (nSPS) is 10.7. The van der Waals surface area contributed by atoms with Crippen LogP contribution in [0.2, 0.25) is 0 Å². The van der Waals surface area contributed by atoms with Crippen LogP contribution in [0.1, 0.15) is 18.1 Å². The molecule has 29 heavy (non-hydrogen) atoms. The highest BCUT2D eigenvalue weighted by molar-refractivity contribution is 5.84. The Labute approximate surface area is 170 Å². The number of benzene rings is 2. The number of carbonyl (C=O) groups is 1. The minimum Gasteiger partial charge on any atom is -0.497 e. The molecule has 0 radical (unpaired) electrons.